The summed E-state index contributed by atoms with van der Waals surface area (Å²) in [4.78, 5) is 0. The lowest BCUT2D eigenvalue weighted by atomic mass is 10.2. The molecule has 3 heteroatoms. The molecule has 0 spiro atoms. The van der Waals surface area contributed by atoms with Gasteiger partial charge in [0.2, 0.25) is 0 Å². The molecule has 0 unspecified atom stereocenters. The number of benzene rings is 1. The monoisotopic (exact) mass is 182 g/mol. The predicted molar refractivity (Wildman–Crippen MR) is 52.3 cm³/mol. The molecule has 0 saturated heterocycles. The third kappa shape index (κ3) is 1.95. The van der Waals surface area contributed by atoms with Crippen LogP contribution in [-0.4, -0.2) is 19.6 Å². The van der Waals surface area contributed by atoms with E-state index in [1.807, 2.05) is 18.2 Å². The average Bonchev–Trinajstić information content (AvgIpc) is 2.16. The molecule has 0 aliphatic carbocycles. The van der Waals surface area contributed by atoms with Gasteiger partial charge in [-0.1, -0.05) is 12.2 Å². The fourth-order valence-electron chi connectivity index (χ4n) is 0.897. The molecule has 64 valence electrons. The van der Waals surface area contributed by atoms with E-state index in [9.17, 15) is 0 Å². The Morgan fingerprint density at radius 2 is 1.58 bits per heavy atom. The van der Waals surface area contributed by atoms with Gasteiger partial charge in [0.1, 0.15) is 11.5 Å². The van der Waals surface area contributed by atoms with Gasteiger partial charge in [-0.05, 0) is 17.7 Å². The summed E-state index contributed by atoms with van der Waals surface area (Å²) in [6.45, 7) is 0. The second-order valence-electron chi connectivity index (χ2n) is 2.26. The second kappa shape index (κ2) is 4.07. The molecule has 0 aromatic heterocycles. The number of rotatable bonds is 3. The van der Waals surface area contributed by atoms with Gasteiger partial charge < -0.3 is 9.47 Å². The lowest BCUT2D eigenvalue weighted by Gasteiger charge is -2.04. The minimum atomic E-state index is 0.755. The molecule has 0 amide bonds. The number of hydrogen-bond donors (Lipinski definition) is 0. The molecular weight excluding hydrogens is 172 g/mol. The first-order valence-corrected chi connectivity index (χ1v) is 3.95. The number of ether oxygens (including phenoxy) is 2. The van der Waals surface area contributed by atoms with Crippen LogP contribution in [0.1, 0.15) is 5.56 Å². The fraction of sp³-hybridized carbons (Fsp3) is 0.222. The van der Waals surface area contributed by atoms with Gasteiger partial charge >= 0.3 is 0 Å². The zero-order valence-electron chi connectivity index (χ0n) is 7.03. The van der Waals surface area contributed by atoms with E-state index in [4.69, 9.17) is 21.7 Å². The van der Waals surface area contributed by atoms with E-state index in [1.54, 1.807) is 19.6 Å². The Labute approximate surface area is 77.1 Å². The molecule has 0 saturated carbocycles. The molecule has 0 radical (unpaired) electrons. The van der Waals surface area contributed by atoms with Crippen molar-refractivity contribution in [1.82, 2.24) is 0 Å². The minimum absolute atomic E-state index is 0.755. The molecule has 12 heavy (non-hydrogen) atoms. The van der Waals surface area contributed by atoms with Crippen molar-refractivity contribution in [2.45, 2.75) is 0 Å². The molecule has 0 fully saturated rings. The first-order chi connectivity index (χ1) is 5.80. The lowest BCUT2D eigenvalue weighted by Crippen LogP contribution is -1.89. The minimum Gasteiger partial charge on any atom is -0.497 e. The highest BCUT2D eigenvalue weighted by atomic mass is 32.1. The topological polar surface area (TPSA) is 18.5 Å². The van der Waals surface area contributed by atoms with Gasteiger partial charge in [-0.15, -0.1) is 0 Å². The van der Waals surface area contributed by atoms with Crippen LogP contribution in [0.2, 0.25) is 0 Å². The summed E-state index contributed by atoms with van der Waals surface area (Å²) in [5.74, 6) is 1.51. The summed E-state index contributed by atoms with van der Waals surface area (Å²) in [6, 6.07) is 5.52. The molecule has 2 nitrogen and oxygen atoms in total. The summed E-state index contributed by atoms with van der Waals surface area (Å²) in [5.41, 5.74) is 0.918. The normalized spacial score (nSPS) is 9.17. The van der Waals surface area contributed by atoms with E-state index in [1.165, 1.54) is 0 Å². The van der Waals surface area contributed by atoms with Gasteiger partial charge in [0.05, 0.1) is 14.2 Å². The molecule has 1 rings (SSSR count). The summed E-state index contributed by atoms with van der Waals surface area (Å²) < 4.78 is 10.1. The van der Waals surface area contributed by atoms with Crippen molar-refractivity contribution in [1.29, 1.82) is 0 Å². The summed E-state index contributed by atoms with van der Waals surface area (Å²) in [6.07, 6.45) is 0. The van der Waals surface area contributed by atoms with E-state index in [0.29, 0.717) is 0 Å². The van der Waals surface area contributed by atoms with E-state index < -0.39 is 0 Å². The molecule has 0 atom stereocenters. The van der Waals surface area contributed by atoms with Crippen LogP contribution >= 0.6 is 12.2 Å². The highest BCUT2D eigenvalue weighted by Gasteiger charge is 1.98. The largest absolute Gasteiger partial charge is 0.497 e. The van der Waals surface area contributed by atoms with Crippen molar-refractivity contribution in [2.24, 2.45) is 0 Å². The number of hydrogen-bond acceptors (Lipinski definition) is 3. The van der Waals surface area contributed by atoms with Crippen LogP contribution in [-0.2, 0) is 0 Å². The Morgan fingerprint density at radius 1 is 1.08 bits per heavy atom. The van der Waals surface area contributed by atoms with Crippen molar-refractivity contribution >= 4 is 17.6 Å². The Morgan fingerprint density at radius 3 is 1.92 bits per heavy atom. The molecule has 0 N–H and O–H groups in total. The molecule has 1 aromatic rings. The van der Waals surface area contributed by atoms with Crippen molar-refractivity contribution in [3.05, 3.63) is 23.8 Å². The summed E-state index contributed by atoms with van der Waals surface area (Å²) in [7, 11) is 3.23. The van der Waals surface area contributed by atoms with E-state index in [-0.39, 0.29) is 0 Å². The van der Waals surface area contributed by atoms with Crippen molar-refractivity contribution in [3.8, 4) is 11.5 Å². The maximum Gasteiger partial charge on any atom is 0.123 e. The Balaban J connectivity index is 3.09. The van der Waals surface area contributed by atoms with Crippen LogP contribution in [0, 0.1) is 0 Å². The Kier molecular flexibility index (Phi) is 3.05. The van der Waals surface area contributed by atoms with Gasteiger partial charge in [0.15, 0.2) is 0 Å². The first-order valence-electron chi connectivity index (χ1n) is 3.48. The van der Waals surface area contributed by atoms with Crippen LogP contribution in [0.3, 0.4) is 0 Å². The van der Waals surface area contributed by atoms with Crippen molar-refractivity contribution in [3.63, 3.8) is 0 Å². The highest BCUT2D eigenvalue weighted by Crippen LogP contribution is 2.21. The average molecular weight is 182 g/mol. The summed E-state index contributed by atoms with van der Waals surface area (Å²) in [5, 5.41) is 1.59. The quantitative estimate of drug-likeness (QED) is 0.666. The standard InChI is InChI=1S/C9H10O2S/c1-10-8-3-7(6-12)4-9(5-8)11-2/h3-6H,1-2H3. The molecule has 0 aliphatic rings. The zero-order valence-corrected chi connectivity index (χ0v) is 7.85. The SMILES string of the molecule is COc1cc(C=S)cc(OC)c1. The van der Waals surface area contributed by atoms with Crippen LogP contribution in [0.15, 0.2) is 18.2 Å². The Hall–Kier alpha value is -1.09. The second-order valence-corrected chi connectivity index (χ2v) is 2.50. The van der Waals surface area contributed by atoms with Crippen LogP contribution in [0.25, 0.3) is 0 Å². The van der Waals surface area contributed by atoms with Gasteiger partial charge in [0, 0.05) is 11.4 Å². The maximum absolute atomic E-state index is 5.05. The van der Waals surface area contributed by atoms with Gasteiger partial charge in [-0.3, -0.25) is 0 Å². The van der Waals surface area contributed by atoms with E-state index >= 15 is 0 Å². The number of methoxy groups -OCH3 is 2. The third-order valence-electron chi connectivity index (χ3n) is 1.51. The number of thiocarbonyl (C=S) groups is 1. The fourth-order valence-corrected chi connectivity index (χ4v) is 1.03. The van der Waals surface area contributed by atoms with Crippen molar-refractivity contribution in [2.75, 3.05) is 14.2 Å². The van der Waals surface area contributed by atoms with Crippen LogP contribution in [0.4, 0.5) is 0 Å². The molecule has 0 heterocycles. The Bertz CT molecular complexity index is 262. The third-order valence-corrected chi connectivity index (χ3v) is 1.78. The van der Waals surface area contributed by atoms with Crippen LogP contribution < -0.4 is 9.47 Å². The van der Waals surface area contributed by atoms with Gasteiger partial charge in [-0.2, -0.15) is 0 Å². The first kappa shape index (κ1) is 9.00. The summed E-state index contributed by atoms with van der Waals surface area (Å²) >= 11 is 4.80. The van der Waals surface area contributed by atoms with E-state index in [0.717, 1.165) is 17.1 Å². The van der Waals surface area contributed by atoms with Crippen molar-refractivity contribution < 1.29 is 9.47 Å². The molecule has 0 aliphatic heterocycles. The highest BCUT2D eigenvalue weighted by molar-refractivity contribution is 7.79. The predicted octanol–water partition coefficient (Wildman–Crippen LogP) is 2.05. The van der Waals surface area contributed by atoms with Gasteiger partial charge in [0.25, 0.3) is 0 Å². The van der Waals surface area contributed by atoms with Crippen LogP contribution in [0.5, 0.6) is 11.5 Å². The smallest absolute Gasteiger partial charge is 0.123 e. The van der Waals surface area contributed by atoms with E-state index in [2.05, 4.69) is 0 Å². The molecule has 0 bridgehead atoms. The zero-order chi connectivity index (χ0) is 8.97. The maximum atomic E-state index is 5.05. The lowest BCUT2D eigenvalue weighted by molar-refractivity contribution is 0.394. The molecular formula is C9H10O2S. The molecule has 1 aromatic carbocycles. The van der Waals surface area contributed by atoms with Gasteiger partial charge in [-0.25, -0.2) is 0 Å².